The predicted octanol–water partition coefficient (Wildman–Crippen LogP) is 5.80. The van der Waals surface area contributed by atoms with E-state index in [2.05, 4.69) is 47.2 Å². The molecular weight excluding hydrogens is 531 g/mol. The van der Waals surface area contributed by atoms with Crippen molar-refractivity contribution in [3.8, 4) is 0 Å². The molecule has 3 aromatic rings. The topological polar surface area (TPSA) is 53.0 Å². The van der Waals surface area contributed by atoms with Crippen LogP contribution in [0.5, 0.6) is 0 Å². The molecule has 3 unspecified atom stereocenters. The van der Waals surface area contributed by atoms with Gasteiger partial charge in [-0.05, 0) is 73.0 Å². The minimum Gasteiger partial charge on any atom is -0.459 e. The van der Waals surface area contributed by atoms with E-state index in [0.717, 1.165) is 43.7 Å². The molecule has 3 atom stereocenters. The van der Waals surface area contributed by atoms with Gasteiger partial charge in [-0.2, -0.15) is 0 Å². The van der Waals surface area contributed by atoms with Crippen molar-refractivity contribution < 1.29 is 14.6 Å². The van der Waals surface area contributed by atoms with Gasteiger partial charge in [-0.15, -0.1) is 24.8 Å². The fourth-order valence-electron chi connectivity index (χ4n) is 5.53. The van der Waals surface area contributed by atoms with Crippen molar-refractivity contribution in [2.75, 3.05) is 39.8 Å². The third kappa shape index (κ3) is 6.78. The van der Waals surface area contributed by atoms with Crippen molar-refractivity contribution in [2.45, 2.75) is 31.0 Å². The summed E-state index contributed by atoms with van der Waals surface area (Å²) in [6, 6.07) is 21.4. The highest BCUT2D eigenvalue weighted by Crippen LogP contribution is 2.44. The monoisotopic (exact) mass is 564 g/mol. The van der Waals surface area contributed by atoms with Crippen LogP contribution >= 0.6 is 36.4 Å². The Morgan fingerprint density at radius 2 is 1.68 bits per heavy atom. The number of hydrogen-bond donors (Lipinski definition) is 1. The summed E-state index contributed by atoms with van der Waals surface area (Å²) in [5.41, 5.74) is 0.495. The standard InChI is InChI=1S/C29H33ClN2O3.2ClH/c1-31-14-16-32(17-15-31)20-25-19-27(35-28(33)22-7-10-26(30)11-8-22)12-13-29(25,34)24-9-6-21-4-2-3-5-23(21)18-24;;/h2-11,18,25,27,34H,12-17,19-20H2,1H3;2*1H. The fourth-order valence-corrected chi connectivity index (χ4v) is 5.66. The third-order valence-electron chi connectivity index (χ3n) is 7.75. The minimum atomic E-state index is -0.962. The number of carbonyl (C=O) groups is 1. The van der Waals surface area contributed by atoms with E-state index in [-0.39, 0.29) is 42.8 Å². The molecule has 1 aliphatic carbocycles. The molecule has 37 heavy (non-hydrogen) atoms. The van der Waals surface area contributed by atoms with Gasteiger partial charge in [0.25, 0.3) is 0 Å². The molecule has 8 heteroatoms. The van der Waals surface area contributed by atoms with Crippen LogP contribution in [0.2, 0.25) is 5.02 Å². The number of likely N-dealkylation sites (N-methyl/N-ethyl adjacent to an activating group) is 1. The van der Waals surface area contributed by atoms with Crippen molar-refractivity contribution in [1.29, 1.82) is 0 Å². The first-order valence-corrected chi connectivity index (χ1v) is 12.9. The highest BCUT2D eigenvalue weighted by atomic mass is 35.5. The van der Waals surface area contributed by atoms with Crippen molar-refractivity contribution >= 4 is 53.2 Å². The SMILES string of the molecule is CN1CCN(CC2CC(OC(=O)c3ccc(Cl)cc3)CCC2(O)c2ccc3ccccc3c2)CC1.Cl.Cl. The number of benzene rings is 3. The molecule has 5 nitrogen and oxygen atoms in total. The Labute approximate surface area is 236 Å². The summed E-state index contributed by atoms with van der Waals surface area (Å²) in [7, 11) is 2.15. The fraction of sp³-hybridized carbons (Fsp3) is 0.414. The zero-order valence-corrected chi connectivity index (χ0v) is 23.4. The number of carbonyl (C=O) groups excluding carboxylic acids is 1. The lowest BCUT2D eigenvalue weighted by atomic mass is 9.70. The highest BCUT2D eigenvalue weighted by Gasteiger charge is 2.45. The number of aliphatic hydroxyl groups is 1. The molecule has 5 rings (SSSR count). The smallest absolute Gasteiger partial charge is 0.338 e. The summed E-state index contributed by atoms with van der Waals surface area (Å²) in [4.78, 5) is 17.6. The predicted molar refractivity (Wildman–Crippen MR) is 154 cm³/mol. The van der Waals surface area contributed by atoms with Gasteiger partial charge in [0.2, 0.25) is 0 Å². The maximum absolute atomic E-state index is 12.8. The third-order valence-corrected chi connectivity index (χ3v) is 8.00. The Balaban J connectivity index is 0.00000190. The molecule has 1 aliphatic heterocycles. The summed E-state index contributed by atoms with van der Waals surface area (Å²) in [5, 5.41) is 15.0. The molecule has 3 aromatic carbocycles. The molecule has 1 heterocycles. The molecule has 1 saturated heterocycles. The summed E-state index contributed by atoms with van der Waals surface area (Å²) in [6.07, 6.45) is 1.59. The van der Waals surface area contributed by atoms with Gasteiger partial charge in [-0.1, -0.05) is 48.0 Å². The van der Waals surface area contributed by atoms with Crippen LogP contribution in [0.25, 0.3) is 10.8 Å². The number of halogens is 3. The van der Waals surface area contributed by atoms with E-state index < -0.39 is 5.60 Å². The Morgan fingerprint density at radius 1 is 1.00 bits per heavy atom. The number of nitrogens with zero attached hydrogens (tertiary/aromatic N) is 2. The number of rotatable bonds is 5. The van der Waals surface area contributed by atoms with E-state index in [1.54, 1.807) is 24.3 Å². The van der Waals surface area contributed by atoms with Crippen molar-refractivity contribution in [3.05, 3.63) is 82.9 Å². The Morgan fingerprint density at radius 3 is 2.38 bits per heavy atom. The van der Waals surface area contributed by atoms with Crippen LogP contribution in [0.1, 0.15) is 35.2 Å². The maximum Gasteiger partial charge on any atom is 0.338 e. The van der Waals surface area contributed by atoms with E-state index in [4.69, 9.17) is 16.3 Å². The van der Waals surface area contributed by atoms with Crippen LogP contribution in [-0.2, 0) is 10.3 Å². The van der Waals surface area contributed by atoms with Crippen LogP contribution in [0.4, 0.5) is 0 Å². The van der Waals surface area contributed by atoms with Crippen LogP contribution in [0, 0.1) is 5.92 Å². The highest BCUT2D eigenvalue weighted by molar-refractivity contribution is 6.30. The van der Waals surface area contributed by atoms with E-state index in [1.807, 2.05) is 12.1 Å². The molecule has 1 saturated carbocycles. The quantitative estimate of drug-likeness (QED) is 0.397. The lowest BCUT2D eigenvalue weighted by Gasteiger charge is -2.46. The molecule has 0 radical (unpaired) electrons. The first kappa shape index (κ1) is 29.7. The summed E-state index contributed by atoms with van der Waals surface area (Å²) >= 11 is 5.97. The van der Waals surface area contributed by atoms with Crippen molar-refractivity contribution in [3.63, 3.8) is 0 Å². The summed E-state index contributed by atoms with van der Waals surface area (Å²) in [5.74, 6) is -0.370. The Kier molecular flexibility index (Phi) is 10.3. The molecule has 0 aromatic heterocycles. The lowest BCUT2D eigenvalue weighted by Crippen LogP contribution is -2.52. The van der Waals surface area contributed by atoms with Gasteiger partial charge in [-0.25, -0.2) is 4.79 Å². The van der Waals surface area contributed by atoms with Crippen LogP contribution in [0.3, 0.4) is 0 Å². The van der Waals surface area contributed by atoms with E-state index in [0.29, 0.717) is 29.8 Å². The molecule has 200 valence electrons. The minimum absolute atomic E-state index is 0. The van der Waals surface area contributed by atoms with Gasteiger partial charge < -0.3 is 19.6 Å². The van der Waals surface area contributed by atoms with Crippen LogP contribution in [0.15, 0.2) is 66.7 Å². The van der Waals surface area contributed by atoms with Crippen molar-refractivity contribution in [1.82, 2.24) is 9.80 Å². The molecule has 0 bridgehead atoms. The summed E-state index contributed by atoms with van der Waals surface area (Å²) in [6.45, 7) is 4.80. The zero-order chi connectivity index (χ0) is 24.4. The van der Waals surface area contributed by atoms with Gasteiger partial charge in [0.15, 0.2) is 0 Å². The average Bonchev–Trinajstić information content (AvgIpc) is 2.87. The van der Waals surface area contributed by atoms with Gasteiger partial charge >= 0.3 is 5.97 Å². The van der Waals surface area contributed by atoms with E-state index in [1.165, 1.54) is 5.39 Å². The number of piperazine rings is 1. The lowest BCUT2D eigenvalue weighted by molar-refractivity contribution is -0.100. The van der Waals surface area contributed by atoms with Crippen LogP contribution in [-0.4, -0.2) is 66.8 Å². The molecule has 0 amide bonds. The molecule has 0 spiro atoms. The maximum atomic E-state index is 12.8. The Bertz CT molecular complexity index is 1180. The largest absolute Gasteiger partial charge is 0.459 e. The van der Waals surface area contributed by atoms with Gasteiger partial charge in [0.1, 0.15) is 6.10 Å². The number of esters is 1. The van der Waals surface area contributed by atoms with Gasteiger partial charge in [-0.3, -0.25) is 0 Å². The van der Waals surface area contributed by atoms with E-state index in [9.17, 15) is 9.90 Å². The second kappa shape index (κ2) is 12.8. The first-order chi connectivity index (χ1) is 16.9. The second-order valence-corrected chi connectivity index (χ2v) is 10.5. The number of fused-ring (bicyclic) bond motifs is 1. The Hall–Kier alpha value is -1.86. The van der Waals surface area contributed by atoms with E-state index >= 15 is 0 Å². The van der Waals surface area contributed by atoms with Crippen molar-refractivity contribution in [2.24, 2.45) is 5.92 Å². The molecule has 1 N–H and O–H groups in total. The number of hydrogen-bond acceptors (Lipinski definition) is 5. The van der Waals surface area contributed by atoms with Gasteiger partial charge in [0.05, 0.1) is 11.2 Å². The first-order valence-electron chi connectivity index (χ1n) is 12.5. The average molecular weight is 566 g/mol. The normalized spacial score (nSPS) is 24.6. The molecular formula is C29H35Cl3N2O3. The second-order valence-electron chi connectivity index (χ2n) is 10.1. The number of ether oxygens (including phenoxy) is 1. The van der Waals surface area contributed by atoms with Gasteiger partial charge in [0, 0.05) is 43.7 Å². The molecule has 2 fully saturated rings. The summed E-state index contributed by atoms with van der Waals surface area (Å²) < 4.78 is 5.93. The van der Waals surface area contributed by atoms with Crippen LogP contribution < -0.4 is 0 Å². The zero-order valence-electron chi connectivity index (χ0n) is 21.0. The molecule has 2 aliphatic rings.